The first-order chi connectivity index (χ1) is 8.70. The molecular weight excluding hydrogens is 226 g/mol. The van der Waals surface area contributed by atoms with Crippen LogP contribution in [0, 0.1) is 11.3 Å². The highest BCUT2D eigenvalue weighted by atomic mass is 16.5. The second kappa shape index (κ2) is 6.05. The summed E-state index contributed by atoms with van der Waals surface area (Å²) in [5, 5.41) is 0. The minimum Gasteiger partial charge on any atom is -0.378 e. The molecule has 2 rings (SSSR count). The van der Waals surface area contributed by atoms with E-state index in [4.69, 9.17) is 4.74 Å². The van der Waals surface area contributed by atoms with Gasteiger partial charge in [-0.2, -0.15) is 0 Å². The fourth-order valence-electron chi connectivity index (χ4n) is 3.67. The van der Waals surface area contributed by atoms with Gasteiger partial charge >= 0.3 is 0 Å². The van der Waals surface area contributed by atoms with Crippen LogP contribution in [0.4, 0.5) is 0 Å². The van der Waals surface area contributed by atoms with E-state index in [1.54, 1.807) is 0 Å². The topological polar surface area (TPSA) is 29.5 Å². The summed E-state index contributed by atoms with van der Waals surface area (Å²) in [5.74, 6) is 0.933. The van der Waals surface area contributed by atoms with Crippen LogP contribution in [-0.4, -0.2) is 37.1 Å². The van der Waals surface area contributed by atoms with Crippen molar-refractivity contribution in [2.75, 3.05) is 26.3 Å². The van der Waals surface area contributed by atoms with Crippen molar-refractivity contribution in [3.8, 4) is 0 Å². The maximum atomic E-state index is 12.9. The largest absolute Gasteiger partial charge is 0.378 e. The van der Waals surface area contributed by atoms with Gasteiger partial charge in [-0.15, -0.1) is 0 Å². The van der Waals surface area contributed by atoms with Crippen LogP contribution in [0.15, 0.2) is 0 Å². The maximum absolute atomic E-state index is 12.9. The number of hydrogen-bond acceptors (Lipinski definition) is 2. The molecule has 18 heavy (non-hydrogen) atoms. The summed E-state index contributed by atoms with van der Waals surface area (Å²) >= 11 is 0. The molecule has 0 aromatic heterocycles. The molecule has 0 radical (unpaired) electrons. The standard InChI is InChI=1S/C15H27NO2/c1-3-15(8-6-4-5-7-13(15)2)14(17)16-9-11-18-12-10-16/h13H,3-12H2,1-2H3. The Kier molecular flexibility index (Phi) is 4.66. The van der Waals surface area contributed by atoms with Gasteiger partial charge in [0.2, 0.25) is 5.91 Å². The highest BCUT2D eigenvalue weighted by molar-refractivity contribution is 5.83. The van der Waals surface area contributed by atoms with Crippen molar-refractivity contribution in [3.63, 3.8) is 0 Å². The fraction of sp³-hybridized carbons (Fsp3) is 0.933. The highest BCUT2D eigenvalue weighted by Gasteiger charge is 2.44. The van der Waals surface area contributed by atoms with Gasteiger partial charge in [-0.3, -0.25) is 4.79 Å². The van der Waals surface area contributed by atoms with Crippen molar-refractivity contribution in [3.05, 3.63) is 0 Å². The van der Waals surface area contributed by atoms with E-state index in [-0.39, 0.29) is 5.41 Å². The number of carbonyl (C=O) groups excluding carboxylic acids is 1. The number of ether oxygens (including phenoxy) is 1. The predicted molar refractivity (Wildman–Crippen MR) is 72.4 cm³/mol. The van der Waals surface area contributed by atoms with Gasteiger partial charge in [0.1, 0.15) is 0 Å². The Morgan fingerprint density at radius 3 is 2.67 bits per heavy atom. The Morgan fingerprint density at radius 1 is 1.28 bits per heavy atom. The molecule has 2 unspecified atom stereocenters. The van der Waals surface area contributed by atoms with E-state index < -0.39 is 0 Å². The molecular formula is C15H27NO2. The van der Waals surface area contributed by atoms with Gasteiger partial charge in [0.15, 0.2) is 0 Å². The van der Waals surface area contributed by atoms with Gasteiger partial charge in [0.05, 0.1) is 18.6 Å². The summed E-state index contributed by atoms with van der Waals surface area (Å²) in [7, 11) is 0. The molecule has 2 aliphatic rings. The van der Waals surface area contributed by atoms with E-state index in [0.29, 0.717) is 25.0 Å². The number of carbonyl (C=O) groups is 1. The molecule has 0 aromatic carbocycles. The molecule has 0 aromatic rings. The quantitative estimate of drug-likeness (QED) is 0.708. The molecule has 0 N–H and O–H groups in total. The molecule has 3 heteroatoms. The van der Waals surface area contributed by atoms with Crippen LogP contribution in [0.5, 0.6) is 0 Å². The van der Waals surface area contributed by atoms with Crippen LogP contribution < -0.4 is 0 Å². The molecule has 2 fully saturated rings. The van der Waals surface area contributed by atoms with Gasteiger partial charge in [-0.25, -0.2) is 0 Å². The Bertz CT molecular complexity index is 286. The Balaban J connectivity index is 2.15. The lowest BCUT2D eigenvalue weighted by Gasteiger charge is -2.41. The van der Waals surface area contributed by atoms with Gasteiger partial charge < -0.3 is 9.64 Å². The lowest BCUT2D eigenvalue weighted by Crippen LogP contribution is -2.50. The van der Waals surface area contributed by atoms with Crippen molar-refractivity contribution >= 4 is 5.91 Å². The molecule has 2 atom stereocenters. The number of rotatable bonds is 2. The van der Waals surface area contributed by atoms with Crippen LogP contribution in [0.25, 0.3) is 0 Å². The molecule has 0 bridgehead atoms. The highest BCUT2D eigenvalue weighted by Crippen LogP contribution is 2.44. The van der Waals surface area contributed by atoms with Crippen molar-refractivity contribution in [1.82, 2.24) is 4.90 Å². The SMILES string of the molecule is CCC1(C(=O)N2CCOCC2)CCCCCC1C. The fourth-order valence-corrected chi connectivity index (χ4v) is 3.67. The first kappa shape index (κ1) is 13.9. The summed E-state index contributed by atoms with van der Waals surface area (Å²) in [6.07, 6.45) is 7.09. The van der Waals surface area contributed by atoms with E-state index in [2.05, 4.69) is 18.7 Å². The maximum Gasteiger partial charge on any atom is 0.229 e. The average molecular weight is 253 g/mol. The second-order valence-electron chi connectivity index (χ2n) is 5.91. The van der Waals surface area contributed by atoms with Crippen molar-refractivity contribution in [1.29, 1.82) is 0 Å². The molecule has 1 heterocycles. The van der Waals surface area contributed by atoms with Crippen LogP contribution in [0.2, 0.25) is 0 Å². The summed E-state index contributed by atoms with van der Waals surface area (Å²) in [4.78, 5) is 15.0. The van der Waals surface area contributed by atoms with E-state index in [9.17, 15) is 4.79 Å². The van der Waals surface area contributed by atoms with Gasteiger partial charge in [0, 0.05) is 13.1 Å². The van der Waals surface area contributed by atoms with Crippen molar-refractivity contribution in [2.24, 2.45) is 11.3 Å². The third-order valence-corrected chi connectivity index (χ3v) is 5.06. The Hall–Kier alpha value is -0.570. The van der Waals surface area contributed by atoms with E-state index >= 15 is 0 Å². The Labute approximate surface area is 111 Å². The first-order valence-corrected chi connectivity index (χ1v) is 7.58. The molecule has 1 aliphatic carbocycles. The third kappa shape index (κ3) is 2.56. The van der Waals surface area contributed by atoms with Crippen LogP contribution in [0.3, 0.4) is 0 Å². The summed E-state index contributed by atoms with van der Waals surface area (Å²) < 4.78 is 5.36. The average Bonchev–Trinajstić information content (AvgIpc) is 2.61. The molecule has 1 saturated carbocycles. The molecule has 1 saturated heterocycles. The summed E-state index contributed by atoms with van der Waals surface area (Å²) in [6.45, 7) is 7.47. The van der Waals surface area contributed by atoms with Crippen LogP contribution in [0.1, 0.15) is 52.4 Å². The van der Waals surface area contributed by atoms with Crippen molar-refractivity contribution < 1.29 is 9.53 Å². The molecule has 3 nitrogen and oxygen atoms in total. The first-order valence-electron chi connectivity index (χ1n) is 7.58. The third-order valence-electron chi connectivity index (χ3n) is 5.06. The number of morpholine rings is 1. The number of nitrogens with zero attached hydrogens (tertiary/aromatic N) is 1. The van der Waals surface area contributed by atoms with E-state index in [0.717, 1.165) is 25.9 Å². The molecule has 1 aliphatic heterocycles. The minimum absolute atomic E-state index is 0.0894. The van der Waals surface area contributed by atoms with E-state index in [1.165, 1.54) is 25.7 Å². The number of amides is 1. The van der Waals surface area contributed by atoms with Gasteiger partial charge in [0.25, 0.3) is 0 Å². The monoisotopic (exact) mass is 253 g/mol. The zero-order chi connectivity index (χ0) is 13.0. The van der Waals surface area contributed by atoms with Crippen LogP contribution >= 0.6 is 0 Å². The van der Waals surface area contributed by atoms with Gasteiger partial charge in [-0.05, 0) is 25.2 Å². The zero-order valence-corrected chi connectivity index (χ0v) is 11.9. The summed E-state index contributed by atoms with van der Waals surface area (Å²) in [6, 6.07) is 0. The van der Waals surface area contributed by atoms with Gasteiger partial charge in [-0.1, -0.05) is 33.1 Å². The van der Waals surface area contributed by atoms with E-state index in [1.807, 2.05) is 0 Å². The number of hydrogen-bond donors (Lipinski definition) is 0. The normalized spacial score (nSPS) is 34.1. The smallest absolute Gasteiger partial charge is 0.229 e. The molecule has 0 spiro atoms. The Morgan fingerprint density at radius 2 is 2.00 bits per heavy atom. The zero-order valence-electron chi connectivity index (χ0n) is 11.9. The minimum atomic E-state index is -0.0894. The molecule has 1 amide bonds. The van der Waals surface area contributed by atoms with Crippen molar-refractivity contribution in [2.45, 2.75) is 52.4 Å². The predicted octanol–water partition coefficient (Wildman–Crippen LogP) is 2.84. The summed E-state index contributed by atoms with van der Waals surface area (Å²) in [5.41, 5.74) is -0.0894. The lowest BCUT2D eigenvalue weighted by molar-refractivity contribution is -0.150. The molecule has 104 valence electrons. The van der Waals surface area contributed by atoms with Crippen LogP contribution in [-0.2, 0) is 9.53 Å². The second-order valence-corrected chi connectivity index (χ2v) is 5.91. The lowest BCUT2D eigenvalue weighted by atomic mass is 9.69.